The van der Waals surface area contributed by atoms with E-state index in [1.807, 2.05) is 29.5 Å². The number of rotatable bonds is 5. The minimum absolute atomic E-state index is 0.0795. The predicted octanol–water partition coefficient (Wildman–Crippen LogP) is 3.09. The van der Waals surface area contributed by atoms with Gasteiger partial charge in [-0.05, 0) is 84.7 Å². The lowest BCUT2D eigenvalue weighted by molar-refractivity contribution is -0.125. The highest BCUT2D eigenvalue weighted by atomic mass is 127. The normalized spacial score (nSPS) is 26.2. The van der Waals surface area contributed by atoms with Crippen molar-refractivity contribution in [2.24, 2.45) is 17.8 Å². The number of phenolic OH excluding ortho intramolecular Hbond substituents is 1. The molecule has 2 N–H and O–H groups in total. The van der Waals surface area contributed by atoms with Crippen LogP contribution in [0.15, 0.2) is 18.2 Å². The summed E-state index contributed by atoms with van der Waals surface area (Å²) < 4.78 is 5.85. The fourth-order valence-electron chi connectivity index (χ4n) is 4.19. The van der Waals surface area contributed by atoms with Crippen LogP contribution in [0.2, 0.25) is 0 Å². The molecule has 0 aliphatic heterocycles. The molecule has 2 aliphatic carbocycles. The summed E-state index contributed by atoms with van der Waals surface area (Å²) in [4.78, 5) is 24.1. The lowest BCUT2D eigenvalue weighted by Crippen LogP contribution is -2.42. The van der Waals surface area contributed by atoms with Gasteiger partial charge in [0.1, 0.15) is 11.3 Å². The molecule has 1 aromatic carbocycles. The number of halogens is 1. The molecule has 2 fully saturated rings. The minimum Gasteiger partial charge on any atom is -0.507 e. The maximum Gasteiger partial charge on any atom is 0.342 e. The van der Waals surface area contributed by atoms with E-state index in [1.54, 1.807) is 6.07 Å². The van der Waals surface area contributed by atoms with Gasteiger partial charge in [-0.25, -0.2) is 4.79 Å². The van der Waals surface area contributed by atoms with Crippen LogP contribution in [0.4, 0.5) is 0 Å². The highest BCUT2D eigenvalue weighted by molar-refractivity contribution is 14.1. The number of hydrogen-bond acceptors (Lipinski definition) is 4. The van der Waals surface area contributed by atoms with Crippen LogP contribution >= 0.6 is 22.6 Å². The molecule has 130 valence electrons. The standard InChI is InChI=1S/C18H22INO4/c1-10(14-7-11-2-3-12(14)6-11)20-17(22)9-24-18(23)15-8-13(19)4-5-16(15)21/h4-5,8,10-12,14,21H,2-3,6-7,9H2,1H3,(H,20,22)/t10-,11-,12-,14+/m0/s1. The third kappa shape index (κ3) is 3.84. The number of ether oxygens (including phenoxy) is 1. The second-order valence-electron chi connectivity index (χ2n) is 6.93. The summed E-state index contributed by atoms with van der Waals surface area (Å²) in [5, 5.41) is 12.7. The Balaban J connectivity index is 1.48. The number of carbonyl (C=O) groups excluding carboxylic acids is 2. The van der Waals surface area contributed by atoms with E-state index in [0.717, 1.165) is 15.4 Å². The first-order valence-corrected chi connectivity index (χ1v) is 9.47. The lowest BCUT2D eigenvalue weighted by Gasteiger charge is -2.28. The number of aromatic hydroxyl groups is 1. The molecule has 6 heteroatoms. The van der Waals surface area contributed by atoms with E-state index in [9.17, 15) is 14.7 Å². The molecule has 2 aliphatic rings. The quantitative estimate of drug-likeness (QED) is 0.542. The van der Waals surface area contributed by atoms with Crippen LogP contribution in [-0.4, -0.2) is 29.6 Å². The Morgan fingerprint density at radius 1 is 1.38 bits per heavy atom. The second kappa shape index (κ2) is 7.29. The molecule has 0 heterocycles. The number of amides is 1. The lowest BCUT2D eigenvalue weighted by atomic mass is 9.84. The maximum absolute atomic E-state index is 12.1. The number of benzene rings is 1. The largest absolute Gasteiger partial charge is 0.507 e. The van der Waals surface area contributed by atoms with Gasteiger partial charge in [0.25, 0.3) is 5.91 Å². The van der Waals surface area contributed by atoms with Gasteiger partial charge in [0, 0.05) is 9.61 Å². The molecule has 24 heavy (non-hydrogen) atoms. The molecule has 0 saturated heterocycles. The van der Waals surface area contributed by atoms with Crippen molar-refractivity contribution < 1.29 is 19.4 Å². The van der Waals surface area contributed by atoms with Crippen molar-refractivity contribution in [1.29, 1.82) is 0 Å². The van der Waals surface area contributed by atoms with E-state index in [4.69, 9.17) is 4.74 Å². The van der Waals surface area contributed by atoms with Crippen molar-refractivity contribution in [3.8, 4) is 5.75 Å². The van der Waals surface area contributed by atoms with Crippen molar-refractivity contribution in [2.45, 2.75) is 38.6 Å². The van der Waals surface area contributed by atoms with E-state index in [0.29, 0.717) is 5.92 Å². The Hall–Kier alpha value is -1.31. The van der Waals surface area contributed by atoms with Crippen LogP contribution in [0.1, 0.15) is 43.0 Å². The average Bonchev–Trinajstić information content (AvgIpc) is 3.18. The van der Waals surface area contributed by atoms with Gasteiger partial charge < -0.3 is 15.2 Å². The minimum atomic E-state index is -0.686. The number of phenols is 1. The molecule has 2 saturated carbocycles. The molecule has 0 unspecified atom stereocenters. The summed E-state index contributed by atoms with van der Waals surface area (Å²) >= 11 is 2.05. The molecule has 4 atom stereocenters. The third-order valence-electron chi connectivity index (χ3n) is 5.34. The van der Waals surface area contributed by atoms with Gasteiger partial charge in [-0.15, -0.1) is 0 Å². The monoisotopic (exact) mass is 443 g/mol. The molecule has 0 spiro atoms. The van der Waals surface area contributed by atoms with Gasteiger partial charge in [-0.2, -0.15) is 0 Å². The zero-order valence-corrected chi connectivity index (χ0v) is 15.8. The molecule has 3 rings (SSSR count). The summed E-state index contributed by atoms with van der Waals surface area (Å²) in [5.41, 5.74) is 0.0795. The number of nitrogens with one attached hydrogen (secondary N) is 1. The van der Waals surface area contributed by atoms with Crippen molar-refractivity contribution >= 4 is 34.5 Å². The first kappa shape index (κ1) is 17.5. The Labute approximate surface area is 155 Å². The molecular weight excluding hydrogens is 421 g/mol. The molecular formula is C18H22INO4. The summed E-state index contributed by atoms with van der Waals surface area (Å²) in [6.07, 6.45) is 5.10. The molecule has 1 amide bonds. The van der Waals surface area contributed by atoms with Gasteiger partial charge >= 0.3 is 5.97 Å². The first-order chi connectivity index (χ1) is 11.4. The van der Waals surface area contributed by atoms with Crippen molar-refractivity contribution in [2.75, 3.05) is 6.61 Å². The SMILES string of the molecule is C[C@H](NC(=O)COC(=O)c1cc(I)ccc1O)[C@H]1C[C@H]2CC[C@H]1C2. The fourth-order valence-corrected chi connectivity index (χ4v) is 4.68. The average molecular weight is 443 g/mol. The maximum atomic E-state index is 12.1. The summed E-state index contributed by atoms with van der Waals surface area (Å²) in [7, 11) is 0. The number of fused-ring (bicyclic) bond motifs is 2. The van der Waals surface area contributed by atoms with E-state index in [1.165, 1.54) is 37.8 Å². The topological polar surface area (TPSA) is 75.6 Å². The zero-order chi connectivity index (χ0) is 17.3. The summed E-state index contributed by atoms with van der Waals surface area (Å²) in [6, 6.07) is 4.78. The predicted molar refractivity (Wildman–Crippen MR) is 97.6 cm³/mol. The van der Waals surface area contributed by atoms with Crippen LogP contribution in [0.3, 0.4) is 0 Å². The van der Waals surface area contributed by atoms with Crippen LogP contribution in [-0.2, 0) is 9.53 Å². The van der Waals surface area contributed by atoms with Crippen LogP contribution in [0.5, 0.6) is 5.75 Å². The van der Waals surface area contributed by atoms with E-state index in [2.05, 4.69) is 5.32 Å². The zero-order valence-electron chi connectivity index (χ0n) is 13.6. The van der Waals surface area contributed by atoms with Crippen LogP contribution in [0, 0.1) is 21.3 Å². The molecule has 2 bridgehead atoms. The molecule has 1 aromatic rings. The smallest absolute Gasteiger partial charge is 0.342 e. The van der Waals surface area contributed by atoms with Crippen molar-refractivity contribution in [3.05, 3.63) is 27.3 Å². The number of esters is 1. The van der Waals surface area contributed by atoms with E-state index >= 15 is 0 Å². The second-order valence-corrected chi connectivity index (χ2v) is 8.18. The van der Waals surface area contributed by atoms with Gasteiger partial charge in [0.05, 0.1) is 0 Å². The Morgan fingerprint density at radius 2 is 2.17 bits per heavy atom. The van der Waals surface area contributed by atoms with Gasteiger partial charge in [-0.3, -0.25) is 4.79 Å². The fraction of sp³-hybridized carbons (Fsp3) is 0.556. The van der Waals surface area contributed by atoms with Crippen LogP contribution in [0.25, 0.3) is 0 Å². The Kier molecular flexibility index (Phi) is 5.32. The van der Waals surface area contributed by atoms with Crippen molar-refractivity contribution in [1.82, 2.24) is 5.32 Å². The van der Waals surface area contributed by atoms with E-state index in [-0.39, 0.29) is 29.9 Å². The first-order valence-electron chi connectivity index (χ1n) is 8.39. The van der Waals surface area contributed by atoms with Gasteiger partial charge in [0.2, 0.25) is 0 Å². The highest BCUT2D eigenvalue weighted by Crippen LogP contribution is 2.49. The van der Waals surface area contributed by atoms with Crippen LogP contribution < -0.4 is 5.32 Å². The number of carbonyl (C=O) groups is 2. The molecule has 0 aromatic heterocycles. The van der Waals surface area contributed by atoms with E-state index < -0.39 is 5.97 Å². The summed E-state index contributed by atoms with van der Waals surface area (Å²) in [6.45, 7) is 1.71. The van der Waals surface area contributed by atoms with Gasteiger partial charge in [0.15, 0.2) is 6.61 Å². The molecule has 5 nitrogen and oxygen atoms in total. The summed E-state index contributed by atoms with van der Waals surface area (Å²) in [5.74, 6) is 0.994. The number of hydrogen-bond donors (Lipinski definition) is 2. The Morgan fingerprint density at radius 3 is 2.83 bits per heavy atom. The Bertz CT molecular complexity index is 648. The van der Waals surface area contributed by atoms with Crippen molar-refractivity contribution in [3.63, 3.8) is 0 Å². The molecule has 0 radical (unpaired) electrons. The third-order valence-corrected chi connectivity index (χ3v) is 6.01. The van der Waals surface area contributed by atoms with Gasteiger partial charge in [-0.1, -0.05) is 6.42 Å². The highest BCUT2D eigenvalue weighted by Gasteiger charge is 2.42.